The van der Waals surface area contributed by atoms with Crippen LogP contribution in [0.4, 0.5) is 0 Å². The third-order valence-corrected chi connectivity index (χ3v) is 6.33. The van der Waals surface area contributed by atoms with Gasteiger partial charge in [-0.2, -0.15) is 4.31 Å². The topological polar surface area (TPSA) is 62.3 Å². The molecule has 0 bridgehead atoms. The molecule has 0 aliphatic carbocycles. The maximum Gasteiger partial charge on any atom is 0.252 e. The summed E-state index contributed by atoms with van der Waals surface area (Å²) in [6.45, 7) is 3.90. The maximum atomic E-state index is 12.5. The van der Waals surface area contributed by atoms with Crippen LogP contribution in [0.25, 0.3) is 0 Å². The second-order valence-electron chi connectivity index (χ2n) is 4.62. The SMILES string of the molecule is CCNCc1ccc(S(=O)(=O)N(C)Cc2cccnc2)s1. The number of hydrogen-bond donors (Lipinski definition) is 1. The molecule has 2 aromatic rings. The number of nitrogens with zero attached hydrogens (tertiary/aromatic N) is 2. The highest BCUT2D eigenvalue weighted by Gasteiger charge is 2.22. The first-order valence-corrected chi connectivity index (χ1v) is 8.94. The minimum atomic E-state index is -3.45. The monoisotopic (exact) mass is 325 g/mol. The van der Waals surface area contributed by atoms with Crippen molar-refractivity contribution in [3.63, 3.8) is 0 Å². The van der Waals surface area contributed by atoms with Gasteiger partial charge in [0.15, 0.2) is 0 Å². The third kappa shape index (κ3) is 4.10. The second-order valence-corrected chi connectivity index (χ2v) is 8.06. The Labute approximate surface area is 129 Å². The highest BCUT2D eigenvalue weighted by molar-refractivity contribution is 7.91. The van der Waals surface area contributed by atoms with Gasteiger partial charge in [0, 0.05) is 37.4 Å². The van der Waals surface area contributed by atoms with Crippen molar-refractivity contribution >= 4 is 21.4 Å². The van der Waals surface area contributed by atoms with Crippen LogP contribution >= 0.6 is 11.3 Å². The lowest BCUT2D eigenvalue weighted by atomic mass is 10.3. The van der Waals surface area contributed by atoms with E-state index in [0.717, 1.165) is 17.0 Å². The molecule has 5 nitrogen and oxygen atoms in total. The van der Waals surface area contributed by atoms with Crippen molar-refractivity contribution < 1.29 is 8.42 Å². The number of pyridine rings is 1. The molecule has 0 unspecified atom stereocenters. The summed E-state index contributed by atoms with van der Waals surface area (Å²) in [6, 6.07) is 7.20. The Balaban J connectivity index is 2.11. The predicted octanol–water partition coefficient (Wildman–Crippen LogP) is 2.07. The van der Waals surface area contributed by atoms with Crippen LogP contribution in [0.1, 0.15) is 17.4 Å². The second kappa shape index (κ2) is 7.13. The molecule has 0 amide bonds. The number of aromatic nitrogens is 1. The van der Waals surface area contributed by atoms with Crippen molar-refractivity contribution in [2.24, 2.45) is 0 Å². The van der Waals surface area contributed by atoms with Gasteiger partial charge in [-0.05, 0) is 30.3 Å². The van der Waals surface area contributed by atoms with Crippen molar-refractivity contribution in [2.75, 3.05) is 13.6 Å². The van der Waals surface area contributed by atoms with Crippen molar-refractivity contribution in [3.8, 4) is 0 Å². The Morgan fingerprint density at radius 2 is 2.14 bits per heavy atom. The normalized spacial score (nSPS) is 12.0. The number of thiophene rings is 1. The summed E-state index contributed by atoms with van der Waals surface area (Å²) < 4.78 is 26.8. The summed E-state index contributed by atoms with van der Waals surface area (Å²) in [5.41, 5.74) is 0.869. The van der Waals surface area contributed by atoms with E-state index in [0.29, 0.717) is 17.3 Å². The Bertz CT molecular complexity index is 669. The molecular formula is C14H19N3O2S2. The Kier molecular flexibility index (Phi) is 5.46. The molecule has 0 saturated heterocycles. The van der Waals surface area contributed by atoms with Gasteiger partial charge < -0.3 is 5.32 Å². The quantitative estimate of drug-likeness (QED) is 0.846. The van der Waals surface area contributed by atoms with Gasteiger partial charge in [-0.25, -0.2) is 8.42 Å². The van der Waals surface area contributed by atoms with Crippen LogP contribution < -0.4 is 5.32 Å². The summed E-state index contributed by atoms with van der Waals surface area (Å²) in [5.74, 6) is 0. The molecule has 0 saturated carbocycles. The summed E-state index contributed by atoms with van der Waals surface area (Å²) in [6.07, 6.45) is 3.35. The Morgan fingerprint density at radius 3 is 2.81 bits per heavy atom. The number of hydrogen-bond acceptors (Lipinski definition) is 5. The smallest absolute Gasteiger partial charge is 0.252 e. The van der Waals surface area contributed by atoms with E-state index in [4.69, 9.17) is 0 Å². The standard InChI is InChI=1S/C14H19N3O2S2/c1-3-15-10-13-6-7-14(20-13)21(18,19)17(2)11-12-5-4-8-16-9-12/h4-9,15H,3,10-11H2,1-2H3. The summed E-state index contributed by atoms with van der Waals surface area (Å²) in [5, 5.41) is 3.19. The minimum Gasteiger partial charge on any atom is -0.312 e. The summed E-state index contributed by atoms with van der Waals surface area (Å²) >= 11 is 1.31. The molecule has 0 atom stereocenters. The first-order valence-electron chi connectivity index (χ1n) is 6.68. The first-order chi connectivity index (χ1) is 10.0. The molecule has 2 aromatic heterocycles. The third-order valence-electron chi connectivity index (χ3n) is 2.98. The molecule has 2 heterocycles. The van der Waals surface area contributed by atoms with Gasteiger partial charge in [0.2, 0.25) is 0 Å². The molecule has 0 aliphatic heterocycles. The number of rotatable bonds is 7. The zero-order valence-corrected chi connectivity index (χ0v) is 13.7. The molecule has 2 rings (SSSR count). The van der Waals surface area contributed by atoms with E-state index >= 15 is 0 Å². The van der Waals surface area contributed by atoms with Crippen LogP contribution in [0.3, 0.4) is 0 Å². The van der Waals surface area contributed by atoms with Gasteiger partial charge in [-0.15, -0.1) is 11.3 Å². The molecule has 7 heteroatoms. The van der Waals surface area contributed by atoms with E-state index in [1.165, 1.54) is 15.6 Å². The molecule has 0 aromatic carbocycles. The lowest BCUT2D eigenvalue weighted by Crippen LogP contribution is -2.25. The summed E-state index contributed by atoms with van der Waals surface area (Å²) in [7, 11) is -1.86. The fourth-order valence-corrected chi connectivity index (χ4v) is 4.52. The summed E-state index contributed by atoms with van der Waals surface area (Å²) in [4.78, 5) is 5.02. The van der Waals surface area contributed by atoms with E-state index in [9.17, 15) is 8.42 Å². The number of nitrogens with one attached hydrogen (secondary N) is 1. The highest BCUT2D eigenvalue weighted by atomic mass is 32.2. The Morgan fingerprint density at radius 1 is 1.33 bits per heavy atom. The largest absolute Gasteiger partial charge is 0.312 e. The van der Waals surface area contributed by atoms with Crippen molar-refractivity contribution in [2.45, 2.75) is 24.2 Å². The fourth-order valence-electron chi connectivity index (χ4n) is 1.83. The van der Waals surface area contributed by atoms with Crippen LogP contribution in [-0.2, 0) is 23.1 Å². The average molecular weight is 325 g/mol. The van der Waals surface area contributed by atoms with Gasteiger partial charge in [0.25, 0.3) is 10.0 Å². The van der Waals surface area contributed by atoms with Gasteiger partial charge >= 0.3 is 0 Å². The van der Waals surface area contributed by atoms with E-state index in [1.54, 1.807) is 31.6 Å². The molecule has 0 fully saturated rings. The van der Waals surface area contributed by atoms with Gasteiger partial charge in [0.05, 0.1) is 0 Å². The van der Waals surface area contributed by atoms with Crippen LogP contribution in [-0.4, -0.2) is 31.3 Å². The minimum absolute atomic E-state index is 0.316. The van der Waals surface area contributed by atoms with Crippen molar-refractivity contribution in [1.82, 2.24) is 14.6 Å². The van der Waals surface area contributed by atoms with Gasteiger partial charge in [-0.3, -0.25) is 4.98 Å². The lowest BCUT2D eigenvalue weighted by molar-refractivity contribution is 0.468. The van der Waals surface area contributed by atoms with Crippen molar-refractivity contribution in [1.29, 1.82) is 0 Å². The van der Waals surface area contributed by atoms with Crippen LogP contribution in [0.2, 0.25) is 0 Å². The zero-order valence-electron chi connectivity index (χ0n) is 12.1. The van der Waals surface area contributed by atoms with Crippen LogP contribution in [0.5, 0.6) is 0 Å². The molecule has 1 N–H and O–H groups in total. The molecule has 0 aliphatic rings. The van der Waals surface area contributed by atoms with E-state index < -0.39 is 10.0 Å². The van der Waals surface area contributed by atoms with Gasteiger partial charge in [0.1, 0.15) is 4.21 Å². The average Bonchev–Trinajstić information content (AvgIpc) is 2.95. The van der Waals surface area contributed by atoms with Gasteiger partial charge in [-0.1, -0.05) is 13.0 Å². The molecule has 0 spiro atoms. The number of sulfonamides is 1. The lowest BCUT2D eigenvalue weighted by Gasteiger charge is -2.15. The fraction of sp³-hybridized carbons (Fsp3) is 0.357. The highest BCUT2D eigenvalue weighted by Crippen LogP contribution is 2.25. The van der Waals surface area contributed by atoms with E-state index in [1.807, 2.05) is 19.1 Å². The molecular weight excluding hydrogens is 306 g/mol. The van der Waals surface area contributed by atoms with E-state index in [-0.39, 0.29) is 0 Å². The maximum absolute atomic E-state index is 12.5. The first kappa shape index (κ1) is 16.1. The predicted molar refractivity (Wildman–Crippen MR) is 84.6 cm³/mol. The Hall–Kier alpha value is -1.28. The zero-order chi connectivity index (χ0) is 15.3. The van der Waals surface area contributed by atoms with Crippen LogP contribution in [0.15, 0.2) is 40.9 Å². The van der Waals surface area contributed by atoms with Crippen molar-refractivity contribution in [3.05, 3.63) is 47.1 Å². The van der Waals surface area contributed by atoms with Crippen LogP contribution in [0, 0.1) is 0 Å². The molecule has 114 valence electrons. The van der Waals surface area contributed by atoms with E-state index in [2.05, 4.69) is 10.3 Å². The molecule has 21 heavy (non-hydrogen) atoms. The molecule has 0 radical (unpaired) electrons.